The highest BCUT2D eigenvalue weighted by Crippen LogP contribution is 2.32. The summed E-state index contributed by atoms with van der Waals surface area (Å²) in [4.78, 5) is 23.2. The summed E-state index contributed by atoms with van der Waals surface area (Å²) in [5, 5.41) is 19.5. The Bertz CT molecular complexity index is 337. The van der Waals surface area contributed by atoms with Crippen LogP contribution in [0.5, 0.6) is 0 Å². The van der Waals surface area contributed by atoms with Gasteiger partial charge >= 0.3 is 0 Å². The van der Waals surface area contributed by atoms with Crippen LogP contribution in [0, 0.1) is 5.92 Å². The van der Waals surface area contributed by atoms with Crippen LogP contribution in [0.2, 0.25) is 0 Å². The standard InChI is InChI=1S/C9H11NO5/c11-2-1-6-5(9(13)14)4-10-7(12)3-8(10)15-6/h1,5,8,11H,2-4H2,(H,13,14)/p-1/b6-1+. The largest absolute Gasteiger partial charge is 0.549 e. The molecular formula is C9H10NO5-. The van der Waals surface area contributed by atoms with Crippen molar-refractivity contribution in [3.8, 4) is 0 Å². The molecule has 0 bridgehead atoms. The molecule has 6 nitrogen and oxygen atoms in total. The van der Waals surface area contributed by atoms with Gasteiger partial charge in [0.1, 0.15) is 5.76 Å². The van der Waals surface area contributed by atoms with Gasteiger partial charge in [0.05, 0.1) is 24.9 Å². The molecule has 1 N–H and O–H groups in total. The van der Waals surface area contributed by atoms with Crippen molar-refractivity contribution < 1.29 is 24.5 Å². The lowest BCUT2D eigenvalue weighted by Gasteiger charge is -2.47. The molecule has 1 amide bonds. The molecular weight excluding hydrogens is 202 g/mol. The fourth-order valence-corrected chi connectivity index (χ4v) is 1.75. The predicted molar refractivity (Wildman–Crippen MR) is 44.9 cm³/mol. The van der Waals surface area contributed by atoms with E-state index >= 15 is 0 Å². The number of aliphatic hydroxyl groups excluding tert-OH is 1. The average molecular weight is 212 g/mol. The number of carboxylic acid groups (broad SMARTS) is 1. The molecule has 2 saturated heterocycles. The van der Waals surface area contributed by atoms with Crippen molar-refractivity contribution in [2.75, 3.05) is 13.2 Å². The van der Waals surface area contributed by atoms with Gasteiger partial charge in [0, 0.05) is 6.54 Å². The number of hydrogen-bond donors (Lipinski definition) is 1. The number of fused-ring (bicyclic) bond motifs is 1. The van der Waals surface area contributed by atoms with Crippen molar-refractivity contribution in [1.82, 2.24) is 4.90 Å². The second kappa shape index (κ2) is 3.54. The van der Waals surface area contributed by atoms with Crippen LogP contribution in [0.3, 0.4) is 0 Å². The van der Waals surface area contributed by atoms with E-state index in [2.05, 4.69) is 0 Å². The second-order valence-electron chi connectivity index (χ2n) is 3.48. The third-order valence-electron chi connectivity index (χ3n) is 2.59. The van der Waals surface area contributed by atoms with Crippen LogP contribution < -0.4 is 5.11 Å². The minimum Gasteiger partial charge on any atom is -0.549 e. The first-order chi connectivity index (χ1) is 7.13. The van der Waals surface area contributed by atoms with E-state index in [9.17, 15) is 14.7 Å². The predicted octanol–water partition coefficient (Wildman–Crippen LogP) is -2.18. The summed E-state index contributed by atoms with van der Waals surface area (Å²) in [7, 11) is 0. The Hall–Kier alpha value is -1.56. The number of rotatable bonds is 2. The summed E-state index contributed by atoms with van der Waals surface area (Å²) in [6.07, 6.45) is 1.19. The molecule has 2 fully saturated rings. The minimum absolute atomic E-state index is 0.0671. The van der Waals surface area contributed by atoms with Crippen molar-refractivity contribution in [2.45, 2.75) is 12.6 Å². The first-order valence-corrected chi connectivity index (χ1v) is 4.61. The van der Waals surface area contributed by atoms with E-state index in [0.717, 1.165) is 0 Å². The van der Waals surface area contributed by atoms with Crippen molar-refractivity contribution >= 4 is 11.9 Å². The van der Waals surface area contributed by atoms with E-state index in [1.165, 1.54) is 11.0 Å². The quantitative estimate of drug-likeness (QED) is 0.525. The molecule has 0 aliphatic carbocycles. The molecule has 15 heavy (non-hydrogen) atoms. The van der Waals surface area contributed by atoms with Gasteiger partial charge in [-0.05, 0) is 6.08 Å². The molecule has 2 aliphatic heterocycles. The fourth-order valence-electron chi connectivity index (χ4n) is 1.75. The topological polar surface area (TPSA) is 89.9 Å². The molecule has 0 radical (unpaired) electrons. The number of ether oxygens (including phenoxy) is 1. The Kier molecular flexibility index (Phi) is 2.36. The van der Waals surface area contributed by atoms with Gasteiger partial charge in [-0.2, -0.15) is 0 Å². The maximum absolute atomic E-state index is 11.1. The molecule has 2 heterocycles. The first kappa shape index (κ1) is 9.97. The van der Waals surface area contributed by atoms with Crippen LogP contribution in [0.15, 0.2) is 11.8 Å². The molecule has 82 valence electrons. The zero-order chi connectivity index (χ0) is 11.0. The van der Waals surface area contributed by atoms with E-state index in [1.54, 1.807) is 0 Å². The number of carbonyl (C=O) groups is 2. The molecule has 2 unspecified atom stereocenters. The number of β-lactam (4-membered cyclic amide) rings is 1. The lowest BCUT2D eigenvalue weighted by molar-refractivity contribution is -0.314. The third-order valence-corrected chi connectivity index (χ3v) is 2.59. The number of aliphatic hydroxyl groups is 1. The van der Waals surface area contributed by atoms with Crippen LogP contribution in [0.4, 0.5) is 0 Å². The molecule has 0 aromatic rings. The van der Waals surface area contributed by atoms with Crippen LogP contribution in [-0.2, 0) is 14.3 Å². The van der Waals surface area contributed by atoms with Gasteiger partial charge in [-0.25, -0.2) is 0 Å². The molecule has 0 saturated carbocycles. The summed E-state index contributed by atoms with van der Waals surface area (Å²) in [5.41, 5.74) is 0. The van der Waals surface area contributed by atoms with Crippen LogP contribution >= 0.6 is 0 Å². The van der Waals surface area contributed by atoms with Crippen LogP contribution in [0.1, 0.15) is 6.42 Å². The Morgan fingerprint density at radius 3 is 3.00 bits per heavy atom. The molecule has 0 aromatic carbocycles. The van der Waals surface area contributed by atoms with E-state index in [1.807, 2.05) is 0 Å². The highest BCUT2D eigenvalue weighted by atomic mass is 16.5. The monoisotopic (exact) mass is 212 g/mol. The Labute approximate surface area is 85.7 Å². The minimum atomic E-state index is -1.30. The van der Waals surface area contributed by atoms with Crippen molar-refractivity contribution in [1.29, 1.82) is 0 Å². The molecule has 2 rings (SSSR count). The SMILES string of the molecule is O=C([O-])C1CN2C(=O)CC2O/C1=C/CO. The van der Waals surface area contributed by atoms with Gasteiger partial charge in [0.25, 0.3) is 0 Å². The maximum Gasteiger partial charge on any atom is 0.231 e. The van der Waals surface area contributed by atoms with Gasteiger partial charge < -0.3 is 24.6 Å². The number of carboxylic acids is 1. The summed E-state index contributed by atoms with van der Waals surface area (Å²) < 4.78 is 5.26. The van der Waals surface area contributed by atoms with Crippen LogP contribution in [-0.4, -0.2) is 41.3 Å². The second-order valence-corrected chi connectivity index (χ2v) is 3.48. The van der Waals surface area contributed by atoms with Gasteiger partial charge in [-0.3, -0.25) is 4.79 Å². The van der Waals surface area contributed by atoms with Crippen LogP contribution in [0.25, 0.3) is 0 Å². The number of carbonyl (C=O) groups excluding carboxylic acids is 2. The number of nitrogens with zero attached hydrogens (tertiary/aromatic N) is 1. The normalized spacial score (nSPS) is 31.9. The molecule has 2 atom stereocenters. The van der Waals surface area contributed by atoms with Gasteiger partial charge in [-0.1, -0.05) is 0 Å². The van der Waals surface area contributed by atoms with Gasteiger partial charge in [0.2, 0.25) is 5.91 Å². The Morgan fingerprint density at radius 2 is 2.47 bits per heavy atom. The first-order valence-electron chi connectivity index (χ1n) is 4.61. The summed E-state index contributed by atoms with van der Waals surface area (Å²) in [6.45, 7) is -0.225. The zero-order valence-corrected chi connectivity index (χ0v) is 7.88. The maximum atomic E-state index is 11.1. The number of aliphatic carboxylic acids is 1. The zero-order valence-electron chi connectivity index (χ0n) is 7.88. The summed E-state index contributed by atoms with van der Waals surface area (Å²) in [5.74, 6) is -2.20. The van der Waals surface area contributed by atoms with E-state index < -0.39 is 11.9 Å². The Balaban J connectivity index is 2.16. The fraction of sp³-hybridized carbons (Fsp3) is 0.556. The average Bonchev–Trinajstić information content (AvgIpc) is 2.16. The molecule has 0 aromatic heterocycles. The number of hydrogen-bond acceptors (Lipinski definition) is 5. The van der Waals surface area contributed by atoms with Gasteiger partial charge in [-0.15, -0.1) is 0 Å². The van der Waals surface area contributed by atoms with Gasteiger partial charge in [0.15, 0.2) is 6.23 Å². The third kappa shape index (κ3) is 1.56. The summed E-state index contributed by atoms with van der Waals surface area (Å²) >= 11 is 0. The molecule has 6 heteroatoms. The number of amides is 1. The lowest BCUT2D eigenvalue weighted by Crippen LogP contribution is -2.61. The van der Waals surface area contributed by atoms with Crippen molar-refractivity contribution in [3.05, 3.63) is 11.8 Å². The molecule has 0 spiro atoms. The summed E-state index contributed by atoms with van der Waals surface area (Å²) in [6, 6.07) is 0. The smallest absolute Gasteiger partial charge is 0.231 e. The Morgan fingerprint density at radius 1 is 1.73 bits per heavy atom. The van der Waals surface area contributed by atoms with E-state index in [0.29, 0.717) is 0 Å². The molecule has 2 aliphatic rings. The van der Waals surface area contributed by atoms with E-state index in [-0.39, 0.29) is 37.5 Å². The highest BCUT2D eigenvalue weighted by Gasteiger charge is 2.44. The van der Waals surface area contributed by atoms with E-state index in [4.69, 9.17) is 9.84 Å². The lowest BCUT2D eigenvalue weighted by atomic mass is 9.99. The van der Waals surface area contributed by atoms with Crippen molar-refractivity contribution in [2.24, 2.45) is 5.92 Å². The van der Waals surface area contributed by atoms with Crippen molar-refractivity contribution in [3.63, 3.8) is 0 Å². The highest BCUT2D eigenvalue weighted by molar-refractivity contribution is 5.84.